The van der Waals surface area contributed by atoms with Gasteiger partial charge in [-0.15, -0.1) is 0 Å². The molecule has 0 bridgehead atoms. The Hall–Kier alpha value is -0.610. The zero-order valence-corrected chi connectivity index (χ0v) is 57.6. The van der Waals surface area contributed by atoms with E-state index in [1.54, 1.807) is 0 Å². The van der Waals surface area contributed by atoms with Crippen molar-refractivity contribution < 1.29 is 19.7 Å². The highest BCUT2D eigenvalue weighted by Gasteiger charge is 2.41. The third-order valence-corrected chi connectivity index (χ3v) is 20.1. The van der Waals surface area contributed by atoms with Crippen molar-refractivity contribution in [2.45, 2.75) is 489 Å². The van der Waals surface area contributed by atoms with E-state index in [1.165, 1.54) is 411 Å². The largest absolute Gasteiger partial charge is 0.481 e. The second kappa shape index (κ2) is 67.3. The molecular formula is C79H156O4. The van der Waals surface area contributed by atoms with Gasteiger partial charge in [0.1, 0.15) is 0 Å². The Labute approximate surface area is 523 Å². The van der Waals surface area contributed by atoms with E-state index in [9.17, 15) is 15.0 Å². The molecule has 1 aliphatic rings. The lowest BCUT2D eigenvalue weighted by Crippen LogP contribution is -2.28. The third-order valence-electron chi connectivity index (χ3n) is 20.1. The van der Waals surface area contributed by atoms with Crippen LogP contribution in [0.15, 0.2) is 0 Å². The number of aliphatic hydroxyl groups excluding tert-OH is 1. The van der Waals surface area contributed by atoms with Gasteiger partial charge in [-0.3, -0.25) is 4.79 Å². The van der Waals surface area contributed by atoms with Gasteiger partial charge in [-0.1, -0.05) is 445 Å². The minimum atomic E-state index is -0.799. The SMILES string of the molecule is CCCCCCCCCCCCCCCCCCCCCCCCC(C(=O)O)C(O)CCCCCCCCCCCCCCCCCCCCCCCCCCCCC1OC1C(C)CCCCCCCCCCCCCCCCCCCC. The number of hydrogen-bond acceptors (Lipinski definition) is 3. The predicted octanol–water partition coefficient (Wildman–Crippen LogP) is 27.8. The highest BCUT2D eigenvalue weighted by atomic mass is 16.6. The Kier molecular flexibility index (Phi) is 65.2. The molecule has 0 aliphatic carbocycles. The number of carboxylic acid groups (broad SMARTS) is 1. The molecule has 5 unspecified atom stereocenters. The molecule has 0 amide bonds. The lowest BCUT2D eigenvalue weighted by Gasteiger charge is -2.19. The Morgan fingerprint density at radius 2 is 0.482 bits per heavy atom. The number of ether oxygens (including phenoxy) is 1. The Balaban J connectivity index is 1.73. The fraction of sp³-hybridized carbons (Fsp3) is 0.987. The first-order valence-corrected chi connectivity index (χ1v) is 39.6. The van der Waals surface area contributed by atoms with Crippen molar-refractivity contribution in [3.8, 4) is 0 Å². The van der Waals surface area contributed by atoms with Crippen molar-refractivity contribution in [2.24, 2.45) is 11.8 Å². The number of aliphatic carboxylic acids is 1. The number of rotatable bonds is 74. The van der Waals surface area contributed by atoms with Crippen molar-refractivity contribution in [3.05, 3.63) is 0 Å². The van der Waals surface area contributed by atoms with E-state index in [1.807, 2.05) is 0 Å². The van der Waals surface area contributed by atoms with Crippen molar-refractivity contribution >= 4 is 5.97 Å². The summed E-state index contributed by atoms with van der Waals surface area (Å²) in [5, 5.41) is 20.5. The molecule has 0 saturated carbocycles. The van der Waals surface area contributed by atoms with Crippen LogP contribution in [-0.4, -0.2) is 34.5 Å². The number of epoxide rings is 1. The molecule has 2 N–H and O–H groups in total. The lowest BCUT2D eigenvalue weighted by atomic mass is 9.91. The monoisotopic (exact) mass is 1170 g/mol. The summed E-state index contributed by atoms with van der Waals surface area (Å²) in [6, 6.07) is 0. The molecule has 0 aromatic carbocycles. The van der Waals surface area contributed by atoms with Crippen LogP contribution in [0, 0.1) is 11.8 Å². The molecule has 0 aromatic heterocycles. The fourth-order valence-electron chi connectivity index (χ4n) is 14.0. The van der Waals surface area contributed by atoms with Gasteiger partial charge in [0.05, 0.1) is 24.2 Å². The standard InChI is InChI=1S/C79H156O4/c1-4-6-8-10-12-14-16-18-20-22-24-25-32-35-39-43-47-51-55-59-63-67-71-75(79(81)82)76(80)72-68-64-60-56-52-48-44-40-36-33-30-28-26-27-29-31-34-37-41-45-49-53-57-61-65-69-73-77-78(83-77)74(3)70-66-62-58-54-50-46-42-38-23-21-19-17-15-13-11-9-7-5-2/h74-78,80H,4-73H2,1-3H3,(H,81,82). The van der Waals surface area contributed by atoms with Gasteiger partial charge in [0.2, 0.25) is 0 Å². The van der Waals surface area contributed by atoms with Crippen LogP contribution in [0.4, 0.5) is 0 Å². The molecule has 1 heterocycles. The number of aliphatic hydroxyl groups is 1. The quantitative estimate of drug-likeness (QED) is 0.0470. The second-order valence-electron chi connectivity index (χ2n) is 28.4. The van der Waals surface area contributed by atoms with Gasteiger partial charge in [0, 0.05) is 0 Å². The smallest absolute Gasteiger partial charge is 0.309 e. The van der Waals surface area contributed by atoms with Crippen LogP contribution in [0.5, 0.6) is 0 Å². The van der Waals surface area contributed by atoms with Gasteiger partial charge in [0.15, 0.2) is 0 Å². The molecule has 496 valence electrons. The van der Waals surface area contributed by atoms with Crippen LogP contribution in [0.25, 0.3) is 0 Å². The predicted molar refractivity (Wildman–Crippen MR) is 369 cm³/mol. The molecule has 5 atom stereocenters. The molecule has 4 heteroatoms. The Bertz CT molecular complexity index is 1220. The number of carbonyl (C=O) groups is 1. The molecule has 1 rings (SSSR count). The summed E-state index contributed by atoms with van der Waals surface area (Å²) in [4.78, 5) is 12.0. The molecule has 0 radical (unpaired) electrons. The first-order chi connectivity index (χ1) is 41.0. The number of hydrogen-bond donors (Lipinski definition) is 2. The van der Waals surface area contributed by atoms with Crippen LogP contribution in [0.1, 0.15) is 470 Å². The molecule has 1 fully saturated rings. The van der Waals surface area contributed by atoms with Gasteiger partial charge < -0.3 is 14.9 Å². The summed E-state index contributed by atoms with van der Waals surface area (Å²) in [6.45, 7) is 7.06. The zero-order chi connectivity index (χ0) is 59.7. The summed E-state index contributed by atoms with van der Waals surface area (Å²) < 4.78 is 6.15. The van der Waals surface area contributed by atoms with Crippen molar-refractivity contribution in [3.63, 3.8) is 0 Å². The summed E-state index contributed by atoms with van der Waals surface area (Å²) in [5.74, 6) is -0.615. The van der Waals surface area contributed by atoms with Crippen molar-refractivity contribution in [1.29, 1.82) is 0 Å². The molecule has 0 aromatic rings. The third kappa shape index (κ3) is 60.1. The Morgan fingerprint density at radius 3 is 0.711 bits per heavy atom. The van der Waals surface area contributed by atoms with E-state index in [-0.39, 0.29) is 0 Å². The minimum absolute atomic E-state index is 0.582. The van der Waals surface area contributed by atoms with Crippen LogP contribution >= 0.6 is 0 Å². The van der Waals surface area contributed by atoms with Crippen LogP contribution < -0.4 is 0 Å². The fourth-order valence-corrected chi connectivity index (χ4v) is 14.0. The molecule has 0 spiro atoms. The minimum Gasteiger partial charge on any atom is -0.481 e. The van der Waals surface area contributed by atoms with Crippen LogP contribution in [0.3, 0.4) is 0 Å². The second-order valence-corrected chi connectivity index (χ2v) is 28.4. The van der Waals surface area contributed by atoms with Gasteiger partial charge in [-0.05, 0) is 31.6 Å². The maximum atomic E-state index is 12.0. The molecular weight excluding hydrogens is 1010 g/mol. The average molecular weight is 1170 g/mol. The van der Waals surface area contributed by atoms with E-state index < -0.39 is 18.0 Å². The summed E-state index contributed by atoms with van der Waals surface area (Å²) in [5.41, 5.74) is 0. The maximum absolute atomic E-state index is 12.0. The topological polar surface area (TPSA) is 70.1 Å². The first kappa shape index (κ1) is 80.4. The Morgan fingerprint density at radius 1 is 0.289 bits per heavy atom. The number of carboxylic acids is 1. The lowest BCUT2D eigenvalue weighted by molar-refractivity contribution is -0.146. The normalized spacial score (nSPS) is 15.4. The average Bonchev–Trinajstić information content (AvgIpc) is 4.43. The van der Waals surface area contributed by atoms with Gasteiger partial charge in [0.25, 0.3) is 0 Å². The molecule has 1 saturated heterocycles. The van der Waals surface area contributed by atoms with E-state index >= 15 is 0 Å². The van der Waals surface area contributed by atoms with Gasteiger partial charge >= 0.3 is 5.97 Å². The molecule has 4 nitrogen and oxygen atoms in total. The van der Waals surface area contributed by atoms with Crippen LogP contribution in [0.2, 0.25) is 0 Å². The summed E-state index contributed by atoms with van der Waals surface area (Å²) >= 11 is 0. The zero-order valence-electron chi connectivity index (χ0n) is 57.6. The van der Waals surface area contributed by atoms with Gasteiger partial charge in [-0.25, -0.2) is 0 Å². The van der Waals surface area contributed by atoms with E-state index in [0.29, 0.717) is 25.0 Å². The molecule has 1 aliphatic heterocycles. The van der Waals surface area contributed by atoms with Crippen molar-refractivity contribution in [1.82, 2.24) is 0 Å². The van der Waals surface area contributed by atoms with Gasteiger partial charge in [-0.2, -0.15) is 0 Å². The van der Waals surface area contributed by atoms with E-state index in [2.05, 4.69) is 20.8 Å². The highest BCUT2D eigenvalue weighted by molar-refractivity contribution is 5.70. The van der Waals surface area contributed by atoms with E-state index in [4.69, 9.17) is 4.74 Å². The first-order valence-electron chi connectivity index (χ1n) is 39.6. The number of unbranched alkanes of at least 4 members (excludes halogenated alkanes) is 63. The maximum Gasteiger partial charge on any atom is 0.309 e. The highest BCUT2D eigenvalue weighted by Crippen LogP contribution is 2.36. The summed E-state index contributed by atoms with van der Waals surface area (Å²) in [7, 11) is 0. The van der Waals surface area contributed by atoms with Crippen LogP contribution in [-0.2, 0) is 9.53 Å². The van der Waals surface area contributed by atoms with E-state index in [0.717, 1.165) is 31.6 Å². The van der Waals surface area contributed by atoms with Crippen molar-refractivity contribution in [2.75, 3.05) is 0 Å². The molecule has 83 heavy (non-hydrogen) atoms. The summed E-state index contributed by atoms with van der Waals surface area (Å²) in [6.07, 6.45) is 96.7.